The van der Waals surface area contributed by atoms with E-state index in [1.54, 1.807) is 38.1 Å². The van der Waals surface area contributed by atoms with Crippen LogP contribution < -0.4 is 0 Å². The summed E-state index contributed by atoms with van der Waals surface area (Å²) in [5, 5.41) is 0. The maximum Gasteiger partial charge on any atom is 0.331 e. The van der Waals surface area contributed by atoms with Gasteiger partial charge in [-0.3, -0.25) is 28.8 Å². The molecule has 0 saturated heterocycles. The molecule has 0 N–H and O–H groups in total. The summed E-state index contributed by atoms with van der Waals surface area (Å²) in [6.45, 7) is 15.2. The number of carbonyl (C=O) groups excluding carboxylic acids is 7. The Hall–Kier alpha value is -5.53. The van der Waals surface area contributed by atoms with Gasteiger partial charge in [-0.05, 0) is 54.5 Å². The van der Waals surface area contributed by atoms with E-state index in [1.165, 1.54) is 52.8 Å². The van der Waals surface area contributed by atoms with Crippen molar-refractivity contribution in [3.8, 4) is 0 Å². The predicted octanol–water partition coefficient (Wildman–Crippen LogP) is 5.82. The van der Waals surface area contributed by atoms with E-state index in [-0.39, 0.29) is 29.7 Å². The van der Waals surface area contributed by atoms with Crippen molar-refractivity contribution < 1.29 is 66.7 Å². The molecule has 14 heteroatoms. The molecule has 14 nitrogen and oxygen atoms in total. The van der Waals surface area contributed by atoms with Crippen molar-refractivity contribution in [1.29, 1.82) is 0 Å². The van der Waals surface area contributed by atoms with E-state index >= 15 is 0 Å². The summed E-state index contributed by atoms with van der Waals surface area (Å²) >= 11 is 0. The Bertz CT molecular complexity index is 1830. The minimum absolute atomic E-state index is 0.0585. The molecule has 0 unspecified atom stereocenters. The van der Waals surface area contributed by atoms with Gasteiger partial charge in [0, 0.05) is 70.6 Å². The molecule has 304 valence electrons. The van der Waals surface area contributed by atoms with Crippen molar-refractivity contribution in [2.75, 3.05) is 6.61 Å². The molecule has 3 rings (SSSR count). The lowest BCUT2D eigenvalue weighted by molar-refractivity contribution is -0.164. The number of esters is 7. The molecule has 2 aliphatic rings. The fraction of sp³-hybridized carbons (Fsp3) is 0.500. The van der Waals surface area contributed by atoms with Crippen LogP contribution in [0.1, 0.15) is 94.6 Å². The Morgan fingerprint density at radius 3 is 1.79 bits per heavy atom. The van der Waals surface area contributed by atoms with Crippen LogP contribution in [0.2, 0.25) is 0 Å². The van der Waals surface area contributed by atoms with Crippen LogP contribution in [0.15, 0.2) is 70.5 Å². The molecule has 1 aromatic carbocycles. The lowest BCUT2D eigenvalue weighted by Crippen LogP contribution is -2.55. The molecule has 2 aliphatic carbocycles. The molecule has 0 spiro atoms. The van der Waals surface area contributed by atoms with E-state index in [9.17, 15) is 33.6 Å². The molecular weight excluding hydrogens is 728 g/mol. The van der Waals surface area contributed by atoms with Gasteiger partial charge in [0.15, 0.2) is 11.9 Å². The summed E-state index contributed by atoms with van der Waals surface area (Å²) in [4.78, 5) is 90.0. The number of fused-ring (bicyclic) bond motifs is 2. The van der Waals surface area contributed by atoms with Gasteiger partial charge in [0.2, 0.25) is 0 Å². The van der Waals surface area contributed by atoms with Gasteiger partial charge < -0.3 is 33.2 Å². The van der Waals surface area contributed by atoms with Crippen LogP contribution in [-0.2, 0) is 66.7 Å². The fourth-order valence-electron chi connectivity index (χ4n) is 7.21. The van der Waals surface area contributed by atoms with Gasteiger partial charge in [0.05, 0.1) is 0 Å². The standard InChI is InChI=1S/C42H52O14/c1-23-35(52-27(5)45)21-42(11)36(53-28(6)46)19-32(22-50-25(3)43)34(56-37(49)18-17-31-15-13-12-14-16-31)20-33(51-26(4)44)24(2)39(54-29(7)47)40(55-30(8)48)38(23)41(42,9)10/h12-19,33-36,40H,20-22H2,1-11H3/b18-17+,32-19+,39-24?/t33-,34-,35-,36-,40+,42-/m0/s1. The topological polar surface area (TPSA) is 184 Å². The highest BCUT2D eigenvalue weighted by Crippen LogP contribution is 2.59. The first-order valence-corrected chi connectivity index (χ1v) is 18.1. The zero-order valence-electron chi connectivity index (χ0n) is 33.8. The molecule has 0 aromatic heterocycles. The van der Waals surface area contributed by atoms with Crippen molar-refractivity contribution in [1.82, 2.24) is 0 Å². The lowest BCUT2D eigenvalue weighted by atomic mass is 9.52. The van der Waals surface area contributed by atoms with Gasteiger partial charge in [-0.1, -0.05) is 51.1 Å². The Kier molecular flexibility index (Phi) is 15.1. The molecule has 0 aliphatic heterocycles. The highest BCUT2D eigenvalue weighted by Gasteiger charge is 2.58. The lowest BCUT2D eigenvalue weighted by Gasteiger charge is -2.55. The largest absolute Gasteiger partial charge is 0.461 e. The molecule has 0 heterocycles. The quantitative estimate of drug-likeness (QED) is 0.120. The van der Waals surface area contributed by atoms with Gasteiger partial charge in [-0.15, -0.1) is 0 Å². The van der Waals surface area contributed by atoms with Gasteiger partial charge in [0.25, 0.3) is 0 Å². The second-order valence-corrected chi connectivity index (χ2v) is 14.6. The minimum atomic E-state index is -1.47. The predicted molar refractivity (Wildman–Crippen MR) is 201 cm³/mol. The van der Waals surface area contributed by atoms with Crippen molar-refractivity contribution >= 4 is 47.9 Å². The zero-order valence-corrected chi connectivity index (χ0v) is 33.8. The van der Waals surface area contributed by atoms with Gasteiger partial charge in [-0.2, -0.15) is 0 Å². The van der Waals surface area contributed by atoms with E-state index < -0.39 is 89.7 Å². The molecule has 1 aromatic rings. The first-order valence-electron chi connectivity index (χ1n) is 18.1. The molecule has 0 amide bonds. The number of carbonyl (C=O) groups is 7. The summed E-state index contributed by atoms with van der Waals surface area (Å²) in [7, 11) is 0. The summed E-state index contributed by atoms with van der Waals surface area (Å²) in [6.07, 6.45) is -2.38. The SMILES string of the molecule is CC(=O)OC/C1=C\[C@H](OC(C)=O)[C@]2(C)C[C@H](OC(C)=O)C(C)=C([C@@H](OC(C)=O)C(OC(C)=O)=C(C)[C@@H](OC(C)=O)C[C@@H]1OC(=O)/C=C/c1ccccc1)C2(C)C. The van der Waals surface area contributed by atoms with Crippen LogP contribution in [0, 0.1) is 10.8 Å². The second-order valence-electron chi connectivity index (χ2n) is 14.6. The Labute approximate surface area is 327 Å². The third kappa shape index (κ3) is 11.3. The Balaban J connectivity index is 2.57. The average Bonchev–Trinajstić information content (AvgIpc) is 3.07. The molecule has 6 atom stereocenters. The molecule has 0 radical (unpaired) electrons. The Morgan fingerprint density at radius 1 is 0.679 bits per heavy atom. The number of rotatable bonds is 10. The van der Waals surface area contributed by atoms with Crippen LogP contribution in [0.25, 0.3) is 6.08 Å². The maximum absolute atomic E-state index is 13.6. The van der Waals surface area contributed by atoms with E-state index in [0.717, 1.165) is 13.8 Å². The summed E-state index contributed by atoms with van der Waals surface area (Å²) in [5.41, 5.74) is -0.650. The third-order valence-corrected chi connectivity index (χ3v) is 10.2. The molecule has 0 fully saturated rings. The number of hydrogen-bond acceptors (Lipinski definition) is 14. The van der Waals surface area contributed by atoms with E-state index in [1.807, 2.05) is 19.9 Å². The van der Waals surface area contributed by atoms with Crippen LogP contribution in [-0.4, -0.2) is 78.9 Å². The van der Waals surface area contributed by atoms with Crippen molar-refractivity contribution in [2.45, 2.75) is 120 Å². The monoisotopic (exact) mass is 780 g/mol. The van der Waals surface area contributed by atoms with Crippen LogP contribution in [0.4, 0.5) is 0 Å². The summed E-state index contributed by atoms with van der Waals surface area (Å²) in [5.74, 6) is -5.39. The third-order valence-electron chi connectivity index (χ3n) is 10.2. The van der Waals surface area contributed by atoms with E-state index in [2.05, 4.69) is 0 Å². The highest BCUT2D eigenvalue weighted by molar-refractivity contribution is 5.87. The van der Waals surface area contributed by atoms with E-state index in [0.29, 0.717) is 16.7 Å². The van der Waals surface area contributed by atoms with Crippen molar-refractivity contribution in [3.05, 3.63) is 76.1 Å². The van der Waals surface area contributed by atoms with Crippen molar-refractivity contribution in [3.63, 3.8) is 0 Å². The molecule has 2 bridgehead atoms. The summed E-state index contributed by atoms with van der Waals surface area (Å²) < 4.78 is 41.1. The van der Waals surface area contributed by atoms with Gasteiger partial charge in [0.1, 0.15) is 31.0 Å². The minimum Gasteiger partial charge on any atom is -0.461 e. The normalized spacial score (nSPS) is 26.0. The number of ether oxygens (including phenoxy) is 7. The van der Waals surface area contributed by atoms with Crippen LogP contribution >= 0.6 is 0 Å². The second kappa shape index (κ2) is 18.9. The van der Waals surface area contributed by atoms with Gasteiger partial charge >= 0.3 is 41.8 Å². The molecule has 0 saturated carbocycles. The average molecular weight is 781 g/mol. The summed E-state index contributed by atoms with van der Waals surface area (Å²) in [6, 6.07) is 8.94. The number of benzene rings is 1. The fourth-order valence-corrected chi connectivity index (χ4v) is 7.21. The van der Waals surface area contributed by atoms with Crippen molar-refractivity contribution in [2.24, 2.45) is 10.8 Å². The zero-order chi connectivity index (χ0) is 42.1. The Morgan fingerprint density at radius 2 is 1.25 bits per heavy atom. The maximum atomic E-state index is 13.6. The first kappa shape index (κ1) is 44.9. The first-order chi connectivity index (χ1) is 26.1. The van der Waals surface area contributed by atoms with Gasteiger partial charge in [-0.25, -0.2) is 4.79 Å². The van der Waals surface area contributed by atoms with Crippen LogP contribution in [0.5, 0.6) is 0 Å². The smallest absolute Gasteiger partial charge is 0.331 e. The highest BCUT2D eigenvalue weighted by atomic mass is 16.6. The molecular formula is C42H52O14. The molecule has 56 heavy (non-hydrogen) atoms. The number of hydrogen-bond donors (Lipinski definition) is 0. The van der Waals surface area contributed by atoms with E-state index in [4.69, 9.17) is 33.2 Å². The van der Waals surface area contributed by atoms with Crippen LogP contribution in [0.3, 0.4) is 0 Å².